The number of benzene rings is 1. The molecular formula is C25H28FN3O3. The van der Waals surface area contributed by atoms with Gasteiger partial charge >= 0.3 is 0 Å². The maximum Gasteiger partial charge on any atom is 0.271 e. The minimum atomic E-state index is -1.10. The molecule has 3 heterocycles. The van der Waals surface area contributed by atoms with Crippen molar-refractivity contribution in [1.29, 1.82) is 0 Å². The van der Waals surface area contributed by atoms with Gasteiger partial charge in [-0.2, -0.15) is 0 Å². The maximum atomic E-state index is 13.7. The fourth-order valence-corrected chi connectivity index (χ4v) is 5.15. The highest BCUT2D eigenvalue weighted by atomic mass is 19.1. The quantitative estimate of drug-likeness (QED) is 0.654. The zero-order valence-corrected chi connectivity index (χ0v) is 18.4. The smallest absolute Gasteiger partial charge is 0.271 e. The summed E-state index contributed by atoms with van der Waals surface area (Å²) in [5.74, 6) is -0.312. The average molecular weight is 438 g/mol. The van der Waals surface area contributed by atoms with Crippen LogP contribution in [0.3, 0.4) is 0 Å². The van der Waals surface area contributed by atoms with Gasteiger partial charge in [-0.25, -0.2) is 4.39 Å². The highest BCUT2D eigenvalue weighted by Crippen LogP contribution is 2.34. The fraction of sp³-hybridized carbons (Fsp3) is 0.440. The molecule has 5 rings (SSSR count). The maximum absolute atomic E-state index is 13.7. The summed E-state index contributed by atoms with van der Waals surface area (Å²) in [4.78, 5) is 29.0. The van der Waals surface area contributed by atoms with Crippen molar-refractivity contribution in [3.05, 3.63) is 59.7 Å². The monoisotopic (exact) mass is 437 g/mol. The molecule has 3 atom stereocenters. The van der Waals surface area contributed by atoms with Crippen LogP contribution in [0.15, 0.2) is 47.1 Å². The van der Waals surface area contributed by atoms with E-state index in [2.05, 4.69) is 12.2 Å². The Morgan fingerprint density at radius 3 is 2.72 bits per heavy atom. The molecule has 3 aromatic rings. The summed E-state index contributed by atoms with van der Waals surface area (Å²) in [6.45, 7) is 4.54. The number of aromatic nitrogens is 1. The summed E-state index contributed by atoms with van der Waals surface area (Å²) in [6.07, 6.45) is 5.92. The lowest BCUT2D eigenvalue weighted by molar-refractivity contribution is -0.134. The minimum absolute atomic E-state index is 0.107. The van der Waals surface area contributed by atoms with Crippen molar-refractivity contribution in [1.82, 2.24) is 14.8 Å². The van der Waals surface area contributed by atoms with Gasteiger partial charge in [0.25, 0.3) is 5.91 Å². The number of nitrogens with one attached hydrogen (secondary N) is 1. The Kier molecular flexibility index (Phi) is 5.07. The summed E-state index contributed by atoms with van der Waals surface area (Å²) in [6, 6.07) is 9.73. The van der Waals surface area contributed by atoms with Gasteiger partial charge in [-0.05, 0) is 43.4 Å². The van der Waals surface area contributed by atoms with Crippen molar-refractivity contribution >= 4 is 22.9 Å². The van der Waals surface area contributed by atoms with Crippen molar-refractivity contribution in [3.8, 4) is 0 Å². The number of carbonyl (C=O) groups excluding carboxylic acids is 2. The van der Waals surface area contributed by atoms with Crippen molar-refractivity contribution < 1.29 is 18.4 Å². The highest BCUT2D eigenvalue weighted by Gasteiger charge is 2.48. The molecule has 1 N–H and O–H groups in total. The first kappa shape index (κ1) is 20.8. The molecule has 1 aliphatic carbocycles. The molecule has 0 spiro atoms. The molecule has 2 aliphatic rings. The lowest BCUT2D eigenvalue weighted by Gasteiger charge is -2.45. The summed E-state index contributed by atoms with van der Waals surface area (Å²) in [7, 11) is 0. The lowest BCUT2D eigenvalue weighted by Crippen LogP contribution is -2.65. The standard InChI is InChI=1S/C25H28FN3O3/c1-16-5-3-4-6-19(16)27-24(31)25(2)15-28-20-11-12-32-22(20)13-21(28)23(30)29(25)14-17-7-9-18(26)10-8-17/h7-13,16,19H,3-6,14-15H2,1-2H3,(H,27,31)/t16-,19+,25+/m1/s1. The average Bonchev–Trinajstić information content (AvgIpc) is 3.36. The second-order valence-electron chi connectivity index (χ2n) is 9.42. The Bertz CT molecular complexity index is 1170. The van der Waals surface area contributed by atoms with Gasteiger partial charge in [-0.15, -0.1) is 0 Å². The number of halogens is 1. The van der Waals surface area contributed by atoms with E-state index < -0.39 is 5.54 Å². The van der Waals surface area contributed by atoms with Gasteiger partial charge in [0.15, 0.2) is 5.58 Å². The van der Waals surface area contributed by atoms with E-state index in [9.17, 15) is 14.0 Å². The molecular weight excluding hydrogens is 409 g/mol. The molecule has 32 heavy (non-hydrogen) atoms. The zero-order valence-electron chi connectivity index (χ0n) is 18.4. The van der Waals surface area contributed by atoms with E-state index >= 15 is 0 Å². The number of amides is 2. The van der Waals surface area contributed by atoms with Crippen LogP contribution >= 0.6 is 0 Å². The second-order valence-corrected chi connectivity index (χ2v) is 9.42. The largest absolute Gasteiger partial charge is 0.463 e. The van der Waals surface area contributed by atoms with Gasteiger partial charge in [-0.3, -0.25) is 9.59 Å². The molecule has 0 bridgehead atoms. The van der Waals surface area contributed by atoms with E-state index in [0.29, 0.717) is 23.7 Å². The van der Waals surface area contributed by atoms with Crippen molar-refractivity contribution in [3.63, 3.8) is 0 Å². The minimum Gasteiger partial charge on any atom is -0.463 e. The Morgan fingerprint density at radius 1 is 1.22 bits per heavy atom. The number of hydrogen-bond acceptors (Lipinski definition) is 3. The number of furan rings is 1. The second kappa shape index (κ2) is 7.80. The SMILES string of the molecule is C[C@@H]1CCCC[C@@H]1NC(=O)[C@]1(C)Cn2c(cc3occc32)C(=O)N1Cc1ccc(F)cc1. The van der Waals surface area contributed by atoms with E-state index in [0.717, 1.165) is 30.3 Å². The van der Waals surface area contributed by atoms with Crippen molar-refractivity contribution in [2.24, 2.45) is 5.92 Å². The van der Waals surface area contributed by atoms with Crippen LogP contribution in [0.2, 0.25) is 0 Å². The molecule has 1 aliphatic heterocycles. The van der Waals surface area contributed by atoms with E-state index in [1.54, 1.807) is 29.4 Å². The third-order valence-corrected chi connectivity index (χ3v) is 7.22. The molecule has 2 aromatic heterocycles. The molecule has 7 heteroatoms. The summed E-state index contributed by atoms with van der Waals surface area (Å²) in [5.41, 5.74) is 1.60. The summed E-state index contributed by atoms with van der Waals surface area (Å²) >= 11 is 0. The molecule has 168 valence electrons. The molecule has 0 radical (unpaired) electrons. The van der Waals surface area contributed by atoms with Crippen LogP contribution in [0.1, 0.15) is 55.6 Å². The Balaban J connectivity index is 1.52. The van der Waals surface area contributed by atoms with Crippen LogP contribution in [0.4, 0.5) is 4.39 Å². The van der Waals surface area contributed by atoms with Crippen LogP contribution < -0.4 is 5.32 Å². The van der Waals surface area contributed by atoms with Gasteiger partial charge in [-0.1, -0.05) is 31.9 Å². The first-order chi connectivity index (χ1) is 15.4. The number of rotatable bonds is 4. The van der Waals surface area contributed by atoms with E-state index in [1.165, 1.54) is 18.6 Å². The predicted molar refractivity (Wildman–Crippen MR) is 118 cm³/mol. The third kappa shape index (κ3) is 3.40. The Hall–Kier alpha value is -3.09. The molecule has 0 saturated heterocycles. The van der Waals surface area contributed by atoms with E-state index in [-0.39, 0.29) is 30.2 Å². The lowest BCUT2D eigenvalue weighted by atomic mass is 9.85. The van der Waals surface area contributed by atoms with Crippen LogP contribution in [-0.4, -0.2) is 32.9 Å². The van der Waals surface area contributed by atoms with Gasteiger partial charge in [0, 0.05) is 24.7 Å². The number of fused-ring (bicyclic) bond motifs is 3. The Labute approximate surface area is 186 Å². The first-order valence-corrected chi connectivity index (χ1v) is 11.3. The summed E-state index contributed by atoms with van der Waals surface area (Å²) < 4.78 is 20.8. The molecule has 2 amide bonds. The van der Waals surface area contributed by atoms with Crippen molar-refractivity contribution in [2.75, 3.05) is 0 Å². The normalized spacial score (nSPS) is 25.7. The molecule has 6 nitrogen and oxygen atoms in total. The number of carbonyl (C=O) groups is 2. The fourth-order valence-electron chi connectivity index (χ4n) is 5.15. The molecule has 1 saturated carbocycles. The zero-order chi connectivity index (χ0) is 22.5. The van der Waals surface area contributed by atoms with Gasteiger partial charge < -0.3 is 19.2 Å². The molecule has 1 fully saturated rings. The van der Waals surface area contributed by atoms with Crippen LogP contribution in [0, 0.1) is 11.7 Å². The van der Waals surface area contributed by atoms with Gasteiger partial charge in [0.05, 0.1) is 18.3 Å². The first-order valence-electron chi connectivity index (χ1n) is 11.3. The predicted octanol–water partition coefficient (Wildman–Crippen LogP) is 4.48. The van der Waals surface area contributed by atoms with Crippen LogP contribution in [0.25, 0.3) is 11.1 Å². The number of nitrogens with zero attached hydrogens (tertiary/aromatic N) is 2. The van der Waals surface area contributed by atoms with Crippen LogP contribution in [0.5, 0.6) is 0 Å². The van der Waals surface area contributed by atoms with Crippen molar-refractivity contribution in [2.45, 2.75) is 64.2 Å². The third-order valence-electron chi connectivity index (χ3n) is 7.22. The van der Waals surface area contributed by atoms with E-state index in [4.69, 9.17) is 4.42 Å². The van der Waals surface area contributed by atoms with Crippen LogP contribution in [-0.2, 0) is 17.9 Å². The topological polar surface area (TPSA) is 67.5 Å². The van der Waals surface area contributed by atoms with Gasteiger partial charge in [0.2, 0.25) is 5.91 Å². The highest BCUT2D eigenvalue weighted by molar-refractivity contribution is 6.02. The molecule has 1 aromatic carbocycles. The van der Waals surface area contributed by atoms with Gasteiger partial charge in [0.1, 0.15) is 17.1 Å². The Morgan fingerprint density at radius 2 is 1.97 bits per heavy atom. The van der Waals surface area contributed by atoms with E-state index in [1.807, 2.05) is 17.6 Å². The molecule has 0 unspecified atom stereocenters. The summed E-state index contributed by atoms with van der Waals surface area (Å²) in [5, 5.41) is 3.26. The number of hydrogen-bond donors (Lipinski definition) is 1.